The predicted molar refractivity (Wildman–Crippen MR) is 81.4 cm³/mol. The Labute approximate surface area is 121 Å². The van der Waals surface area contributed by atoms with E-state index < -0.39 is 0 Å². The summed E-state index contributed by atoms with van der Waals surface area (Å²) in [7, 11) is 1.81. The van der Waals surface area contributed by atoms with E-state index in [2.05, 4.69) is 0 Å². The number of amides is 1. The van der Waals surface area contributed by atoms with Gasteiger partial charge in [0.2, 0.25) is 5.91 Å². The lowest BCUT2D eigenvalue weighted by Crippen LogP contribution is -2.39. The monoisotopic (exact) mass is 278 g/mol. The smallest absolute Gasteiger partial charge is 0.227 e. The molecule has 0 fully saturated rings. The molecule has 0 saturated carbocycles. The summed E-state index contributed by atoms with van der Waals surface area (Å²) in [5, 5.41) is 0. The van der Waals surface area contributed by atoms with Gasteiger partial charge in [-0.15, -0.1) is 0 Å². The lowest BCUT2D eigenvalue weighted by molar-refractivity contribution is -0.134. The third-order valence-corrected chi connectivity index (χ3v) is 3.21. The van der Waals surface area contributed by atoms with Crippen molar-refractivity contribution in [2.24, 2.45) is 11.7 Å². The molecule has 0 aliphatic heterocycles. The van der Waals surface area contributed by atoms with Crippen molar-refractivity contribution < 1.29 is 9.53 Å². The van der Waals surface area contributed by atoms with Gasteiger partial charge in [-0.1, -0.05) is 30.3 Å². The minimum Gasteiger partial charge on any atom is -0.377 e. The molecule has 1 amide bonds. The highest BCUT2D eigenvalue weighted by molar-refractivity contribution is 5.79. The van der Waals surface area contributed by atoms with E-state index in [1.54, 1.807) is 11.9 Å². The van der Waals surface area contributed by atoms with Crippen molar-refractivity contribution in [3.05, 3.63) is 35.9 Å². The van der Waals surface area contributed by atoms with Crippen LogP contribution in [0.1, 0.15) is 19.4 Å². The Morgan fingerprint density at radius 1 is 1.30 bits per heavy atom. The van der Waals surface area contributed by atoms with Crippen molar-refractivity contribution in [2.45, 2.75) is 26.4 Å². The lowest BCUT2D eigenvalue weighted by atomic mass is 9.98. The van der Waals surface area contributed by atoms with Crippen LogP contribution in [0.2, 0.25) is 0 Å². The molecule has 1 unspecified atom stereocenters. The first-order valence-electron chi connectivity index (χ1n) is 7.15. The van der Waals surface area contributed by atoms with Crippen molar-refractivity contribution in [1.29, 1.82) is 0 Å². The number of carbonyl (C=O) groups excluding carboxylic acids is 1. The summed E-state index contributed by atoms with van der Waals surface area (Å²) in [4.78, 5) is 14.1. The summed E-state index contributed by atoms with van der Waals surface area (Å²) in [6.45, 7) is 5.49. The molecule has 112 valence electrons. The first-order chi connectivity index (χ1) is 9.54. The fraction of sp³-hybridized carbons (Fsp3) is 0.562. The first-order valence-corrected chi connectivity index (χ1v) is 7.15. The van der Waals surface area contributed by atoms with Crippen LogP contribution in [0.15, 0.2) is 30.3 Å². The Morgan fingerprint density at radius 3 is 2.50 bits per heavy atom. The standard InChI is InChI=1S/C16H26N2O2/c1-13(2)20-10-9-18(3)16(19)15(12-17)11-14-7-5-4-6-8-14/h4-8,13,15H,9-12,17H2,1-3H3. The molecular weight excluding hydrogens is 252 g/mol. The van der Waals surface area contributed by atoms with Gasteiger partial charge >= 0.3 is 0 Å². The molecule has 1 atom stereocenters. The average molecular weight is 278 g/mol. The van der Waals surface area contributed by atoms with Crippen LogP contribution in [0, 0.1) is 5.92 Å². The van der Waals surface area contributed by atoms with Gasteiger partial charge in [0.25, 0.3) is 0 Å². The van der Waals surface area contributed by atoms with Crippen LogP contribution in [0.5, 0.6) is 0 Å². The van der Waals surface area contributed by atoms with Gasteiger partial charge in [-0.05, 0) is 25.8 Å². The second kappa shape index (κ2) is 8.72. The zero-order valence-corrected chi connectivity index (χ0v) is 12.7. The third kappa shape index (κ3) is 5.72. The predicted octanol–water partition coefficient (Wildman–Crippen LogP) is 1.69. The number of nitrogens with two attached hydrogens (primary N) is 1. The highest BCUT2D eigenvalue weighted by Gasteiger charge is 2.20. The van der Waals surface area contributed by atoms with Crippen molar-refractivity contribution in [2.75, 3.05) is 26.7 Å². The normalized spacial score (nSPS) is 12.4. The molecule has 4 heteroatoms. The van der Waals surface area contributed by atoms with E-state index in [1.165, 1.54) is 0 Å². The molecule has 0 aliphatic rings. The van der Waals surface area contributed by atoms with Gasteiger partial charge in [0.05, 0.1) is 18.6 Å². The van der Waals surface area contributed by atoms with Crippen LogP contribution in [-0.2, 0) is 16.0 Å². The minimum absolute atomic E-state index is 0.0868. The van der Waals surface area contributed by atoms with Gasteiger partial charge in [-0.2, -0.15) is 0 Å². The number of carbonyl (C=O) groups is 1. The van der Waals surface area contributed by atoms with Crippen molar-refractivity contribution >= 4 is 5.91 Å². The van der Waals surface area contributed by atoms with Crippen LogP contribution in [0.3, 0.4) is 0 Å². The molecule has 0 radical (unpaired) electrons. The van der Waals surface area contributed by atoms with Gasteiger partial charge < -0.3 is 15.4 Å². The summed E-state index contributed by atoms with van der Waals surface area (Å²) in [6.07, 6.45) is 0.874. The van der Waals surface area contributed by atoms with Gasteiger partial charge in [0, 0.05) is 20.1 Å². The average Bonchev–Trinajstić information content (AvgIpc) is 2.44. The number of hydrogen-bond acceptors (Lipinski definition) is 3. The lowest BCUT2D eigenvalue weighted by Gasteiger charge is -2.23. The van der Waals surface area contributed by atoms with Crippen LogP contribution < -0.4 is 5.73 Å². The van der Waals surface area contributed by atoms with Crippen LogP contribution in [0.4, 0.5) is 0 Å². The molecule has 0 heterocycles. The molecule has 1 rings (SSSR count). The fourth-order valence-electron chi connectivity index (χ4n) is 2.02. The number of ether oxygens (including phenoxy) is 1. The van der Waals surface area contributed by atoms with Crippen molar-refractivity contribution in [3.8, 4) is 0 Å². The molecule has 0 bridgehead atoms. The van der Waals surface area contributed by atoms with E-state index in [0.717, 1.165) is 5.56 Å². The van der Waals surface area contributed by atoms with Gasteiger partial charge in [0.1, 0.15) is 0 Å². The van der Waals surface area contributed by atoms with Crippen LogP contribution in [0.25, 0.3) is 0 Å². The number of rotatable bonds is 8. The van der Waals surface area contributed by atoms with E-state index in [0.29, 0.717) is 26.1 Å². The highest BCUT2D eigenvalue weighted by Crippen LogP contribution is 2.10. The summed E-state index contributed by atoms with van der Waals surface area (Å²) >= 11 is 0. The van der Waals surface area contributed by atoms with Crippen molar-refractivity contribution in [3.63, 3.8) is 0 Å². The van der Waals surface area contributed by atoms with Gasteiger partial charge in [0.15, 0.2) is 0 Å². The van der Waals surface area contributed by atoms with E-state index in [1.807, 2.05) is 44.2 Å². The van der Waals surface area contributed by atoms with E-state index in [9.17, 15) is 4.79 Å². The highest BCUT2D eigenvalue weighted by atomic mass is 16.5. The maximum Gasteiger partial charge on any atom is 0.227 e. The topological polar surface area (TPSA) is 55.6 Å². The molecule has 1 aromatic rings. The summed E-state index contributed by atoms with van der Waals surface area (Å²) in [6, 6.07) is 9.98. The number of benzene rings is 1. The molecular formula is C16H26N2O2. The molecule has 0 spiro atoms. The fourth-order valence-corrected chi connectivity index (χ4v) is 2.02. The van der Waals surface area contributed by atoms with Crippen LogP contribution in [-0.4, -0.2) is 43.7 Å². The van der Waals surface area contributed by atoms with E-state index in [-0.39, 0.29) is 17.9 Å². The van der Waals surface area contributed by atoms with E-state index in [4.69, 9.17) is 10.5 Å². The van der Waals surface area contributed by atoms with Crippen molar-refractivity contribution in [1.82, 2.24) is 4.90 Å². The molecule has 1 aromatic carbocycles. The molecule has 0 saturated heterocycles. The quantitative estimate of drug-likeness (QED) is 0.787. The zero-order valence-electron chi connectivity index (χ0n) is 12.7. The Morgan fingerprint density at radius 2 is 1.95 bits per heavy atom. The molecule has 0 aliphatic carbocycles. The maximum atomic E-state index is 12.3. The van der Waals surface area contributed by atoms with Crippen LogP contribution >= 0.6 is 0 Å². The Kier molecular flexibility index (Phi) is 7.26. The van der Waals surface area contributed by atoms with Gasteiger partial charge in [-0.25, -0.2) is 0 Å². The molecule has 20 heavy (non-hydrogen) atoms. The second-order valence-electron chi connectivity index (χ2n) is 5.30. The minimum atomic E-state index is -0.165. The summed E-state index contributed by atoms with van der Waals surface area (Å²) in [5.41, 5.74) is 6.90. The summed E-state index contributed by atoms with van der Waals surface area (Å²) in [5.74, 6) is -0.0786. The van der Waals surface area contributed by atoms with Gasteiger partial charge in [-0.3, -0.25) is 4.79 Å². The zero-order chi connectivity index (χ0) is 15.0. The molecule has 0 aromatic heterocycles. The number of likely N-dealkylation sites (N-methyl/N-ethyl adjacent to an activating group) is 1. The van der Waals surface area contributed by atoms with E-state index >= 15 is 0 Å². The summed E-state index contributed by atoms with van der Waals surface area (Å²) < 4.78 is 5.47. The molecule has 4 nitrogen and oxygen atoms in total. The first kappa shape index (κ1) is 16.7. The number of nitrogens with zero attached hydrogens (tertiary/aromatic N) is 1. The number of hydrogen-bond donors (Lipinski definition) is 1. The maximum absolute atomic E-state index is 12.3. The Balaban J connectivity index is 2.49. The second-order valence-corrected chi connectivity index (χ2v) is 5.30. The third-order valence-electron chi connectivity index (χ3n) is 3.21. The Hall–Kier alpha value is -1.39. The molecule has 2 N–H and O–H groups in total. The Bertz CT molecular complexity index is 393. The largest absolute Gasteiger partial charge is 0.377 e. The SMILES string of the molecule is CC(C)OCCN(C)C(=O)C(CN)Cc1ccccc1.